The van der Waals surface area contributed by atoms with Crippen molar-refractivity contribution in [3.63, 3.8) is 0 Å². The number of allylic oxidation sites excluding steroid dienone is 5. The molecule has 0 spiro atoms. The average molecular weight is 736 g/mol. The minimum absolute atomic E-state index is 0. The van der Waals surface area contributed by atoms with Crippen LogP contribution in [0.3, 0.4) is 0 Å². The first-order chi connectivity index (χ1) is 22.6. The number of thioether (sulfide) groups is 1. The Morgan fingerprint density at radius 1 is 0.857 bits per heavy atom. The summed E-state index contributed by atoms with van der Waals surface area (Å²) in [5.74, 6) is -0.113. The molecule has 0 saturated carbocycles. The number of rotatable bonds is 8. The first kappa shape index (κ1) is 37.7. The van der Waals surface area contributed by atoms with Crippen LogP contribution in [0.5, 0.6) is 0 Å². The van der Waals surface area contributed by atoms with Gasteiger partial charge in [-0.05, 0) is 62.8 Å². The van der Waals surface area contributed by atoms with Crippen molar-refractivity contribution < 1.29 is 44.2 Å². The number of carboxylic acid groups (broad SMARTS) is 1. The number of nitrogens with one attached hydrogen (secondary N) is 1. The molecule has 9 nitrogen and oxygen atoms in total. The zero-order valence-electron chi connectivity index (χ0n) is 27.8. The fraction of sp³-hybridized carbons (Fsp3) is 0.270. The number of hydrogen-bond acceptors (Lipinski definition) is 6. The van der Waals surface area contributed by atoms with Gasteiger partial charge in [-0.3, -0.25) is 14.6 Å². The van der Waals surface area contributed by atoms with E-state index in [-0.39, 0.29) is 48.2 Å². The number of fused-ring (bicyclic) bond motifs is 8. The number of amidine groups is 1. The summed E-state index contributed by atoms with van der Waals surface area (Å²) in [6.45, 7) is 16.8. The van der Waals surface area contributed by atoms with Crippen LogP contribution >= 0.6 is 11.8 Å². The van der Waals surface area contributed by atoms with E-state index in [1.165, 1.54) is 0 Å². The number of hydrogen-bond donors (Lipinski definition) is 2. The standard InChI is InChI=1S/C37H38N6O3S.ClH.Fe/c1-7-23-19(3)27-15-28-22(6)26(10-12-36(45)46)34(41-28)18-33-25(9-11-35(44)43-37-38-13-14-47-37)21(5)30(42-33)17-32-24(8-2)20(4)29(40-32)16-31(23)39-27;;/h7-8,15-18H,1-2,9-14H2,3-6H3,(H4,38,39,40,41,42,43,44,45,46);1H;/q;;+3/p-3. The van der Waals surface area contributed by atoms with Crippen LogP contribution in [-0.2, 0) is 33.1 Å². The van der Waals surface area contributed by atoms with Crippen molar-refractivity contribution in [3.8, 4) is 0 Å². The van der Waals surface area contributed by atoms with Crippen molar-refractivity contribution in [1.82, 2.24) is 25.3 Å². The van der Waals surface area contributed by atoms with Crippen LogP contribution in [0.1, 0.15) is 78.1 Å². The average Bonchev–Trinajstić information content (AvgIpc) is 3.82. The molecular weight excluding hydrogens is 700 g/mol. The van der Waals surface area contributed by atoms with E-state index in [9.17, 15) is 14.7 Å². The molecule has 0 atom stereocenters. The van der Waals surface area contributed by atoms with Gasteiger partial charge in [-0.15, -0.1) is 22.1 Å². The van der Waals surface area contributed by atoms with E-state index in [1.54, 1.807) is 11.8 Å². The van der Waals surface area contributed by atoms with E-state index in [0.717, 1.165) is 83.9 Å². The Bertz CT molecular complexity index is 2140. The molecule has 0 unspecified atom stereocenters. The van der Waals surface area contributed by atoms with Crippen molar-refractivity contribution in [2.45, 2.75) is 53.4 Å². The van der Waals surface area contributed by atoms with Gasteiger partial charge in [-0.1, -0.05) is 78.0 Å². The van der Waals surface area contributed by atoms with Gasteiger partial charge in [0.1, 0.15) is 0 Å². The predicted molar refractivity (Wildman–Crippen MR) is 192 cm³/mol. The fourth-order valence-corrected chi connectivity index (χ4v) is 6.96. The van der Waals surface area contributed by atoms with Crippen LogP contribution in [0.2, 0.25) is 0 Å². The van der Waals surface area contributed by atoms with Crippen LogP contribution < -0.4 is 27.7 Å². The van der Waals surface area contributed by atoms with Gasteiger partial charge in [0.2, 0.25) is 5.91 Å². The molecule has 3 aromatic rings. The second-order valence-electron chi connectivity index (χ2n) is 11.8. The number of carboxylic acids is 1. The molecule has 8 bridgehead atoms. The van der Waals surface area contributed by atoms with Gasteiger partial charge in [-0.25, -0.2) is 9.97 Å². The van der Waals surface area contributed by atoms with E-state index in [2.05, 4.69) is 23.5 Å². The molecule has 1 radical (unpaired) electrons. The summed E-state index contributed by atoms with van der Waals surface area (Å²) in [5.41, 5.74) is 13.2. The third kappa shape index (κ3) is 7.55. The Kier molecular flexibility index (Phi) is 12.0. The molecule has 3 aliphatic rings. The maximum Gasteiger partial charge on any atom is 3.00 e. The Hall–Kier alpha value is -4.15. The predicted octanol–water partition coefficient (Wildman–Crippen LogP) is 3.90. The summed E-state index contributed by atoms with van der Waals surface area (Å²) in [5, 5.41) is 13.1. The number of amides is 1. The summed E-state index contributed by atoms with van der Waals surface area (Å²) < 4.78 is 0. The summed E-state index contributed by atoms with van der Waals surface area (Å²) in [6, 6.07) is 7.81. The van der Waals surface area contributed by atoms with Crippen LogP contribution in [0, 0.1) is 13.8 Å². The second kappa shape index (κ2) is 15.6. The molecule has 12 heteroatoms. The maximum absolute atomic E-state index is 12.9. The molecular formula is C37H36ClFeN6O3S. The zero-order chi connectivity index (χ0) is 33.4. The Balaban J connectivity index is 0.00000270. The largest absolute Gasteiger partial charge is 3.00 e. The number of aliphatic carboxylic acids is 1. The number of carbonyl (C=O) groups is 2. The van der Waals surface area contributed by atoms with Crippen LogP contribution in [0.4, 0.5) is 0 Å². The number of aryl methyl sites for hydroxylation is 3. The van der Waals surface area contributed by atoms with E-state index in [1.807, 2.05) is 64.1 Å². The van der Waals surface area contributed by atoms with Crippen molar-refractivity contribution in [2.75, 3.05) is 12.3 Å². The molecule has 6 heterocycles. The fourth-order valence-electron chi connectivity index (χ4n) is 6.21. The molecule has 0 saturated heterocycles. The van der Waals surface area contributed by atoms with Gasteiger partial charge in [0, 0.05) is 24.2 Å². The normalized spacial score (nSPS) is 13.8. The number of halogens is 1. The minimum atomic E-state index is -0.879. The number of aliphatic imine (C=N–C) groups is 1. The molecule has 1 amide bonds. The molecule has 0 fully saturated rings. The number of carbonyl (C=O) groups excluding carboxylic acids is 1. The molecule has 3 aromatic heterocycles. The Morgan fingerprint density at radius 2 is 1.49 bits per heavy atom. The monoisotopic (exact) mass is 735 g/mol. The molecule has 0 aliphatic carbocycles. The van der Waals surface area contributed by atoms with Gasteiger partial charge in [-0.2, -0.15) is 0 Å². The molecule has 49 heavy (non-hydrogen) atoms. The summed E-state index contributed by atoms with van der Waals surface area (Å²) in [6.07, 6.45) is 4.61. The van der Waals surface area contributed by atoms with E-state index in [0.29, 0.717) is 35.8 Å². The van der Waals surface area contributed by atoms with Crippen molar-refractivity contribution in [2.24, 2.45) is 4.99 Å². The van der Waals surface area contributed by atoms with Gasteiger partial charge >= 0.3 is 23.0 Å². The van der Waals surface area contributed by atoms with Gasteiger partial charge in [0.05, 0.1) is 29.3 Å². The summed E-state index contributed by atoms with van der Waals surface area (Å²) >= 11 is 1.55. The number of nitrogens with zero attached hydrogens (tertiary/aromatic N) is 5. The first-order valence-electron chi connectivity index (χ1n) is 15.6. The van der Waals surface area contributed by atoms with Gasteiger partial charge in [0.15, 0.2) is 5.17 Å². The molecule has 3 aliphatic heterocycles. The quantitative estimate of drug-likeness (QED) is 0.333. The first-order valence-corrected chi connectivity index (χ1v) is 16.6. The summed E-state index contributed by atoms with van der Waals surface area (Å²) in [7, 11) is 0. The van der Waals surface area contributed by atoms with E-state index < -0.39 is 5.97 Å². The van der Waals surface area contributed by atoms with Crippen LogP contribution in [0.15, 0.2) is 48.5 Å². The van der Waals surface area contributed by atoms with E-state index >= 15 is 0 Å². The molecule has 0 aromatic carbocycles. The van der Waals surface area contributed by atoms with Gasteiger partial charge in [0.25, 0.3) is 0 Å². The third-order valence-corrected chi connectivity index (χ3v) is 9.80. The van der Waals surface area contributed by atoms with Crippen molar-refractivity contribution in [1.29, 1.82) is 0 Å². The summed E-state index contributed by atoms with van der Waals surface area (Å²) in [4.78, 5) is 48.9. The SMILES string of the molecule is C=CC1=C(C)c2cc3[n-]c(cc4nc(cc5[n-]c(cc1n2)c(C)c5CCC(=O)NC1=NCCS1)C(CCC(=O)O)=C4C)c(C)c3C=C.[Cl-].[Fe+3]. The van der Waals surface area contributed by atoms with Crippen LogP contribution in [-0.4, -0.2) is 44.4 Å². The third-order valence-electron chi connectivity index (χ3n) is 8.91. The van der Waals surface area contributed by atoms with Gasteiger partial charge < -0.3 is 32.8 Å². The Morgan fingerprint density at radius 3 is 2.16 bits per heavy atom. The molecule has 253 valence electrons. The smallest absolute Gasteiger partial charge is 1.00 e. The molecule has 2 N–H and O–H groups in total. The van der Waals surface area contributed by atoms with Crippen molar-refractivity contribution >= 4 is 79.2 Å². The topological polar surface area (TPSA) is 133 Å². The van der Waals surface area contributed by atoms with Crippen LogP contribution in [0.25, 0.3) is 50.4 Å². The maximum atomic E-state index is 12.9. The van der Waals surface area contributed by atoms with Crippen molar-refractivity contribution in [3.05, 3.63) is 88.5 Å². The number of aromatic nitrogens is 4. The zero-order valence-corrected chi connectivity index (χ0v) is 30.4. The Labute approximate surface area is 306 Å². The molecule has 6 rings (SSSR count). The second-order valence-corrected chi connectivity index (χ2v) is 12.9. The van der Waals surface area contributed by atoms with E-state index in [4.69, 9.17) is 19.9 Å². The minimum Gasteiger partial charge on any atom is -1.00 e.